The van der Waals surface area contributed by atoms with Crippen LogP contribution in [0.5, 0.6) is 0 Å². The van der Waals surface area contributed by atoms with Crippen LogP contribution in [-0.2, 0) is 0 Å². The number of anilines is 1. The van der Waals surface area contributed by atoms with Crippen molar-refractivity contribution < 1.29 is 4.79 Å². The molecule has 1 aromatic carbocycles. The summed E-state index contributed by atoms with van der Waals surface area (Å²) in [4.78, 5) is 15.8. The van der Waals surface area contributed by atoms with Gasteiger partial charge in [0, 0.05) is 6.20 Å². The Bertz CT molecular complexity index is 708. The number of nitriles is 1. The van der Waals surface area contributed by atoms with Crippen LogP contribution in [0.1, 0.15) is 16.1 Å². The van der Waals surface area contributed by atoms with Gasteiger partial charge in [-0.2, -0.15) is 5.26 Å². The molecule has 7 heteroatoms. The number of carbonyl (C=O) groups excluding carboxylic acids is 1. The number of hydrogen-bond donors (Lipinski definition) is 1. The summed E-state index contributed by atoms with van der Waals surface area (Å²) in [7, 11) is 0. The third-order valence-corrected chi connectivity index (χ3v) is 3.42. The molecule has 20 heavy (non-hydrogen) atoms. The molecule has 100 valence electrons. The Morgan fingerprint density at radius 2 is 1.85 bits per heavy atom. The number of aromatic nitrogens is 1. The number of carbonyl (C=O) groups is 1. The van der Waals surface area contributed by atoms with E-state index in [2.05, 4.69) is 10.3 Å². The molecule has 0 unspecified atom stereocenters. The molecule has 0 bridgehead atoms. The zero-order valence-corrected chi connectivity index (χ0v) is 12.1. The summed E-state index contributed by atoms with van der Waals surface area (Å²) in [5, 5.41) is 12.1. The highest BCUT2D eigenvalue weighted by Gasteiger charge is 2.12. The second kappa shape index (κ2) is 6.10. The van der Waals surface area contributed by atoms with Crippen LogP contribution in [0.4, 0.5) is 5.69 Å². The minimum absolute atomic E-state index is 0.158. The molecule has 4 nitrogen and oxygen atoms in total. The molecule has 0 aliphatic heterocycles. The van der Waals surface area contributed by atoms with Gasteiger partial charge in [-0.1, -0.05) is 34.8 Å². The van der Waals surface area contributed by atoms with Crippen LogP contribution >= 0.6 is 34.8 Å². The highest BCUT2D eigenvalue weighted by molar-refractivity contribution is 6.44. The zero-order valence-electron chi connectivity index (χ0n) is 9.82. The first kappa shape index (κ1) is 14.6. The van der Waals surface area contributed by atoms with Crippen LogP contribution in [0.25, 0.3) is 0 Å². The lowest BCUT2D eigenvalue weighted by Crippen LogP contribution is -2.13. The summed E-state index contributed by atoms with van der Waals surface area (Å²) in [6, 6.07) is 7.75. The van der Waals surface area contributed by atoms with Gasteiger partial charge in [0.1, 0.15) is 11.8 Å². The van der Waals surface area contributed by atoms with E-state index < -0.39 is 5.91 Å². The number of hydrogen-bond acceptors (Lipinski definition) is 3. The van der Waals surface area contributed by atoms with Gasteiger partial charge in [-0.3, -0.25) is 4.79 Å². The first-order valence-electron chi connectivity index (χ1n) is 5.33. The van der Waals surface area contributed by atoms with Crippen molar-refractivity contribution in [2.45, 2.75) is 0 Å². The van der Waals surface area contributed by atoms with Crippen molar-refractivity contribution in [3.63, 3.8) is 0 Å². The maximum Gasteiger partial charge on any atom is 0.274 e. The van der Waals surface area contributed by atoms with Gasteiger partial charge in [-0.05, 0) is 24.3 Å². The van der Waals surface area contributed by atoms with Crippen LogP contribution in [0.15, 0.2) is 30.5 Å². The maximum absolute atomic E-state index is 12.0. The Balaban J connectivity index is 2.23. The summed E-state index contributed by atoms with van der Waals surface area (Å²) in [5.41, 5.74) is 0.859. The molecule has 0 saturated heterocycles. The molecule has 0 aliphatic rings. The SMILES string of the molecule is N#Cc1ccc(C(=O)Nc2cc(Cl)c(Cl)cc2Cl)nc1. The van der Waals surface area contributed by atoms with Gasteiger partial charge >= 0.3 is 0 Å². The molecule has 1 amide bonds. The summed E-state index contributed by atoms with van der Waals surface area (Å²) < 4.78 is 0. The predicted octanol–water partition coefficient (Wildman–Crippen LogP) is 4.17. The zero-order chi connectivity index (χ0) is 14.7. The minimum Gasteiger partial charge on any atom is -0.319 e. The first-order chi connectivity index (χ1) is 9.51. The number of halogens is 3. The second-order valence-electron chi connectivity index (χ2n) is 3.74. The van der Waals surface area contributed by atoms with E-state index in [1.54, 1.807) is 0 Å². The molecule has 0 aliphatic carbocycles. The van der Waals surface area contributed by atoms with Crippen molar-refractivity contribution >= 4 is 46.4 Å². The van der Waals surface area contributed by atoms with E-state index in [0.29, 0.717) is 16.3 Å². The number of benzene rings is 1. The van der Waals surface area contributed by atoms with Gasteiger partial charge in [-0.25, -0.2) is 4.98 Å². The average Bonchev–Trinajstić information content (AvgIpc) is 2.44. The quantitative estimate of drug-likeness (QED) is 0.842. The summed E-state index contributed by atoms with van der Waals surface area (Å²) >= 11 is 17.6. The first-order valence-corrected chi connectivity index (χ1v) is 6.46. The normalized spacial score (nSPS) is 9.90. The molecule has 2 aromatic rings. The van der Waals surface area contributed by atoms with Crippen LogP contribution in [0.2, 0.25) is 15.1 Å². The smallest absolute Gasteiger partial charge is 0.274 e. The van der Waals surface area contributed by atoms with Crippen molar-refractivity contribution in [1.82, 2.24) is 4.98 Å². The van der Waals surface area contributed by atoms with E-state index in [1.165, 1.54) is 30.5 Å². The van der Waals surface area contributed by atoms with Gasteiger partial charge in [0.15, 0.2) is 0 Å². The van der Waals surface area contributed by atoms with E-state index in [4.69, 9.17) is 40.1 Å². The fourth-order valence-electron chi connectivity index (χ4n) is 1.40. The van der Waals surface area contributed by atoms with Crippen LogP contribution < -0.4 is 5.32 Å². The van der Waals surface area contributed by atoms with Gasteiger partial charge < -0.3 is 5.32 Å². The van der Waals surface area contributed by atoms with Gasteiger partial charge in [0.05, 0.1) is 26.3 Å². The van der Waals surface area contributed by atoms with Crippen LogP contribution in [0, 0.1) is 11.3 Å². The standard InChI is InChI=1S/C13H6Cl3N3O/c14-8-3-10(16)12(4-9(8)15)19-13(20)11-2-1-7(5-17)6-18-11/h1-4,6H,(H,19,20). The van der Waals surface area contributed by atoms with Crippen molar-refractivity contribution in [2.24, 2.45) is 0 Å². The van der Waals surface area contributed by atoms with Crippen molar-refractivity contribution in [3.8, 4) is 6.07 Å². The molecule has 1 heterocycles. The number of pyridine rings is 1. The molecular weight excluding hydrogens is 321 g/mol. The topological polar surface area (TPSA) is 65.8 Å². The summed E-state index contributed by atoms with van der Waals surface area (Å²) in [5.74, 6) is -0.463. The molecule has 0 radical (unpaired) electrons. The maximum atomic E-state index is 12.0. The number of nitrogens with one attached hydrogen (secondary N) is 1. The Kier molecular flexibility index (Phi) is 4.46. The van der Waals surface area contributed by atoms with Crippen LogP contribution in [0.3, 0.4) is 0 Å². The van der Waals surface area contributed by atoms with Crippen LogP contribution in [-0.4, -0.2) is 10.9 Å². The van der Waals surface area contributed by atoms with Gasteiger partial charge in [0.25, 0.3) is 5.91 Å². The van der Waals surface area contributed by atoms with E-state index >= 15 is 0 Å². The third kappa shape index (κ3) is 3.20. The molecule has 0 fully saturated rings. The lowest BCUT2D eigenvalue weighted by molar-refractivity contribution is 0.102. The largest absolute Gasteiger partial charge is 0.319 e. The number of rotatable bonds is 2. The van der Waals surface area contributed by atoms with E-state index in [-0.39, 0.29) is 15.7 Å². The monoisotopic (exact) mass is 325 g/mol. The lowest BCUT2D eigenvalue weighted by atomic mass is 10.2. The van der Waals surface area contributed by atoms with Gasteiger partial charge in [0.2, 0.25) is 0 Å². The number of nitrogens with zero attached hydrogens (tertiary/aromatic N) is 2. The van der Waals surface area contributed by atoms with Crippen molar-refractivity contribution in [1.29, 1.82) is 5.26 Å². The molecule has 1 aromatic heterocycles. The summed E-state index contributed by atoms with van der Waals surface area (Å²) in [6.45, 7) is 0. The Labute approximate surface area is 129 Å². The van der Waals surface area contributed by atoms with Crippen molar-refractivity contribution in [2.75, 3.05) is 5.32 Å². The molecule has 0 spiro atoms. The van der Waals surface area contributed by atoms with Crippen molar-refractivity contribution in [3.05, 3.63) is 56.8 Å². The summed E-state index contributed by atoms with van der Waals surface area (Å²) in [6.07, 6.45) is 1.31. The Hall–Kier alpha value is -1.80. The molecule has 0 saturated carbocycles. The minimum atomic E-state index is -0.463. The lowest BCUT2D eigenvalue weighted by Gasteiger charge is -2.08. The van der Waals surface area contributed by atoms with Gasteiger partial charge in [-0.15, -0.1) is 0 Å². The third-order valence-electron chi connectivity index (χ3n) is 2.38. The molecule has 1 N–H and O–H groups in total. The van der Waals surface area contributed by atoms with E-state index in [1.807, 2.05) is 6.07 Å². The molecule has 0 atom stereocenters. The fraction of sp³-hybridized carbons (Fsp3) is 0. The average molecular weight is 327 g/mol. The second-order valence-corrected chi connectivity index (χ2v) is 4.97. The molecular formula is C13H6Cl3N3O. The highest BCUT2D eigenvalue weighted by atomic mass is 35.5. The highest BCUT2D eigenvalue weighted by Crippen LogP contribution is 2.32. The van der Waals surface area contributed by atoms with E-state index in [0.717, 1.165) is 0 Å². The number of amides is 1. The molecule has 2 rings (SSSR count). The predicted molar refractivity (Wildman–Crippen MR) is 78.4 cm³/mol. The Morgan fingerprint density at radius 1 is 1.15 bits per heavy atom. The fourth-order valence-corrected chi connectivity index (χ4v) is 1.99. The Morgan fingerprint density at radius 3 is 2.45 bits per heavy atom. The van der Waals surface area contributed by atoms with E-state index in [9.17, 15) is 4.79 Å².